The standard InChI is InChI=1S/C30H38N2O6/c1-4-12-20(2)31-17-11-16-30-23(24-28(36)37-18-10-6-9-15-29(24,3)38-30)26(34)32(25(30)27(31)35)22(19-33)21-13-7-5-8-14-21/h5,7-9,11,13-16,20,22-25,33H,4,6,10,12,17-19H2,1-3H3/b15-9-/t20?,22-,23+,24-,25?,29+,30+/m1/s1. The number of benzene rings is 1. The number of nitrogens with zero attached hydrogens (tertiary/aromatic N) is 2. The molecule has 2 fully saturated rings. The number of rotatable bonds is 6. The van der Waals surface area contributed by atoms with Gasteiger partial charge in [0.05, 0.1) is 30.8 Å². The minimum absolute atomic E-state index is 0.0494. The second kappa shape index (κ2) is 10.3. The van der Waals surface area contributed by atoms with E-state index < -0.39 is 41.1 Å². The molecular formula is C30H38N2O6. The first-order valence-electron chi connectivity index (χ1n) is 13.8. The van der Waals surface area contributed by atoms with Gasteiger partial charge in [-0.3, -0.25) is 14.4 Å². The number of aliphatic hydroxyl groups is 1. The van der Waals surface area contributed by atoms with Crippen LogP contribution in [0.2, 0.25) is 0 Å². The Morgan fingerprint density at radius 3 is 2.55 bits per heavy atom. The summed E-state index contributed by atoms with van der Waals surface area (Å²) in [5.74, 6) is -2.99. The van der Waals surface area contributed by atoms with Crippen molar-refractivity contribution in [3.8, 4) is 0 Å². The van der Waals surface area contributed by atoms with Gasteiger partial charge < -0.3 is 24.4 Å². The van der Waals surface area contributed by atoms with Crippen molar-refractivity contribution in [1.82, 2.24) is 9.80 Å². The molecule has 0 radical (unpaired) electrons. The number of cyclic esters (lactones) is 1. The summed E-state index contributed by atoms with van der Waals surface area (Å²) >= 11 is 0. The number of likely N-dealkylation sites (tertiary alicyclic amines) is 1. The normalized spacial score (nSPS) is 35.3. The van der Waals surface area contributed by atoms with Crippen molar-refractivity contribution in [1.29, 1.82) is 0 Å². The molecule has 2 unspecified atom stereocenters. The van der Waals surface area contributed by atoms with Crippen molar-refractivity contribution >= 4 is 17.8 Å². The average Bonchev–Trinajstić information content (AvgIpc) is 3.25. The molecule has 4 aliphatic rings. The molecule has 7 atom stereocenters. The van der Waals surface area contributed by atoms with Gasteiger partial charge in [-0.15, -0.1) is 0 Å². The molecule has 8 heteroatoms. The maximum atomic E-state index is 14.5. The lowest BCUT2D eigenvalue weighted by atomic mass is 9.74. The van der Waals surface area contributed by atoms with Crippen LogP contribution >= 0.6 is 0 Å². The van der Waals surface area contributed by atoms with Gasteiger partial charge in [0.15, 0.2) is 0 Å². The van der Waals surface area contributed by atoms with Crippen molar-refractivity contribution in [3.05, 3.63) is 60.2 Å². The van der Waals surface area contributed by atoms with E-state index in [-0.39, 0.29) is 31.1 Å². The Morgan fingerprint density at radius 2 is 1.84 bits per heavy atom. The molecule has 2 saturated heterocycles. The summed E-state index contributed by atoms with van der Waals surface area (Å²) in [6.45, 7) is 6.17. The summed E-state index contributed by atoms with van der Waals surface area (Å²) in [6.07, 6.45) is 10.7. The Morgan fingerprint density at radius 1 is 1.08 bits per heavy atom. The van der Waals surface area contributed by atoms with Crippen LogP contribution in [-0.2, 0) is 23.9 Å². The third-order valence-corrected chi connectivity index (χ3v) is 8.65. The molecule has 5 rings (SSSR count). The lowest BCUT2D eigenvalue weighted by Gasteiger charge is -2.41. The van der Waals surface area contributed by atoms with Crippen LogP contribution in [-0.4, -0.2) is 75.7 Å². The van der Waals surface area contributed by atoms with E-state index in [0.29, 0.717) is 18.5 Å². The molecule has 0 bridgehead atoms. The number of esters is 1. The van der Waals surface area contributed by atoms with Crippen LogP contribution in [0.15, 0.2) is 54.6 Å². The van der Waals surface area contributed by atoms with Crippen LogP contribution in [0.1, 0.15) is 58.1 Å². The predicted octanol–water partition coefficient (Wildman–Crippen LogP) is 3.17. The van der Waals surface area contributed by atoms with E-state index >= 15 is 0 Å². The summed E-state index contributed by atoms with van der Waals surface area (Å²) < 4.78 is 12.5. The maximum Gasteiger partial charge on any atom is 0.313 e. The van der Waals surface area contributed by atoms with Gasteiger partial charge in [0.2, 0.25) is 11.8 Å². The van der Waals surface area contributed by atoms with Crippen molar-refractivity contribution < 1.29 is 29.0 Å². The van der Waals surface area contributed by atoms with Gasteiger partial charge in [0.1, 0.15) is 17.6 Å². The van der Waals surface area contributed by atoms with Gasteiger partial charge in [-0.25, -0.2) is 0 Å². The number of ether oxygens (including phenoxy) is 2. The summed E-state index contributed by atoms with van der Waals surface area (Å²) in [5, 5.41) is 10.6. The zero-order chi connectivity index (χ0) is 27.1. The van der Waals surface area contributed by atoms with Crippen molar-refractivity contribution in [2.24, 2.45) is 11.8 Å². The summed E-state index contributed by atoms with van der Waals surface area (Å²) in [6, 6.07) is 7.36. The van der Waals surface area contributed by atoms with E-state index in [1.54, 1.807) is 4.90 Å². The van der Waals surface area contributed by atoms with Gasteiger partial charge in [-0.1, -0.05) is 68.0 Å². The smallest absolute Gasteiger partial charge is 0.313 e. The third-order valence-electron chi connectivity index (χ3n) is 8.65. The maximum absolute atomic E-state index is 14.5. The fourth-order valence-electron chi connectivity index (χ4n) is 6.93. The van der Waals surface area contributed by atoms with E-state index in [4.69, 9.17) is 9.47 Å². The molecule has 1 N–H and O–H groups in total. The van der Waals surface area contributed by atoms with Gasteiger partial charge in [0, 0.05) is 12.6 Å². The molecule has 0 saturated carbocycles. The summed E-state index contributed by atoms with van der Waals surface area (Å²) in [7, 11) is 0. The molecular weight excluding hydrogens is 484 g/mol. The molecule has 1 aromatic carbocycles. The zero-order valence-corrected chi connectivity index (χ0v) is 22.4. The lowest BCUT2D eigenvalue weighted by molar-refractivity contribution is -0.162. The minimum Gasteiger partial charge on any atom is -0.465 e. The van der Waals surface area contributed by atoms with E-state index in [2.05, 4.69) is 6.92 Å². The molecule has 4 aliphatic heterocycles. The van der Waals surface area contributed by atoms with Gasteiger partial charge in [-0.2, -0.15) is 0 Å². The van der Waals surface area contributed by atoms with E-state index in [1.165, 1.54) is 4.90 Å². The quantitative estimate of drug-likeness (QED) is 0.456. The number of hydrogen-bond acceptors (Lipinski definition) is 6. The van der Waals surface area contributed by atoms with E-state index in [1.807, 2.05) is 68.5 Å². The molecule has 0 aliphatic carbocycles. The fraction of sp³-hybridized carbons (Fsp3) is 0.567. The number of fused-ring (bicyclic) bond motifs is 2. The molecule has 4 heterocycles. The van der Waals surface area contributed by atoms with E-state index in [9.17, 15) is 19.5 Å². The Balaban J connectivity index is 1.69. The topological polar surface area (TPSA) is 96.4 Å². The Hall–Kier alpha value is -2.97. The number of carbonyl (C=O) groups is 3. The zero-order valence-electron chi connectivity index (χ0n) is 22.4. The number of aliphatic hydroxyl groups excluding tert-OH is 1. The first-order valence-corrected chi connectivity index (χ1v) is 13.8. The van der Waals surface area contributed by atoms with Crippen molar-refractivity contribution in [2.45, 2.75) is 75.8 Å². The molecule has 0 aromatic heterocycles. The first kappa shape index (κ1) is 26.6. The second-order valence-electron chi connectivity index (χ2n) is 11.1. The first-order chi connectivity index (χ1) is 18.3. The number of amides is 2. The van der Waals surface area contributed by atoms with Crippen LogP contribution in [0.25, 0.3) is 0 Å². The minimum atomic E-state index is -1.38. The number of hydrogen-bond donors (Lipinski definition) is 1. The molecule has 38 heavy (non-hydrogen) atoms. The molecule has 2 amide bonds. The van der Waals surface area contributed by atoms with Crippen LogP contribution in [0.3, 0.4) is 0 Å². The highest BCUT2D eigenvalue weighted by atomic mass is 16.6. The summed E-state index contributed by atoms with van der Waals surface area (Å²) in [5.41, 5.74) is -1.78. The molecule has 204 valence electrons. The highest BCUT2D eigenvalue weighted by Crippen LogP contribution is 2.58. The highest BCUT2D eigenvalue weighted by Gasteiger charge is 2.75. The number of allylic oxidation sites excluding steroid dienone is 1. The SMILES string of the molecule is CCCC(C)N1CC=C[C@]23O[C@@]4(C)/C=C\CCCOC(=O)[C@H]4[C@H]2C(=O)N([C@H](CO)c2ccccc2)C3C1=O. The third kappa shape index (κ3) is 4.09. The Kier molecular flexibility index (Phi) is 7.22. The fourth-order valence-corrected chi connectivity index (χ4v) is 6.93. The van der Waals surface area contributed by atoms with Crippen molar-refractivity contribution in [3.63, 3.8) is 0 Å². The summed E-state index contributed by atoms with van der Waals surface area (Å²) in [4.78, 5) is 45.8. The second-order valence-corrected chi connectivity index (χ2v) is 11.1. The predicted molar refractivity (Wildman–Crippen MR) is 141 cm³/mol. The molecule has 1 spiro atoms. The highest BCUT2D eigenvalue weighted by molar-refractivity contribution is 5.99. The Labute approximate surface area is 224 Å². The van der Waals surface area contributed by atoms with Gasteiger partial charge in [-0.05, 0) is 38.7 Å². The average molecular weight is 523 g/mol. The van der Waals surface area contributed by atoms with Gasteiger partial charge in [0.25, 0.3) is 0 Å². The number of carbonyl (C=O) groups excluding carboxylic acids is 3. The van der Waals surface area contributed by atoms with Crippen LogP contribution in [0, 0.1) is 11.8 Å². The Bertz CT molecular complexity index is 1130. The molecule has 1 aromatic rings. The monoisotopic (exact) mass is 522 g/mol. The largest absolute Gasteiger partial charge is 0.465 e. The van der Waals surface area contributed by atoms with Crippen LogP contribution < -0.4 is 0 Å². The van der Waals surface area contributed by atoms with Crippen LogP contribution in [0.4, 0.5) is 0 Å². The van der Waals surface area contributed by atoms with Gasteiger partial charge >= 0.3 is 5.97 Å². The van der Waals surface area contributed by atoms with Crippen molar-refractivity contribution in [2.75, 3.05) is 19.8 Å². The van der Waals surface area contributed by atoms with E-state index in [0.717, 1.165) is 19.3 Å². The molecule has 8 nitrogen and oxygen atoms in total. The van der Waals surface area contributed by atoms with Crippen LogP contribution in [0.5, 0.6) is 0 Å². The lowest BCUT2D eigenvalue weighted by Crippen LogP contribution is -2.58.